The number of hydrogen-bond donors (Lipinski definition) is 2. The van der Waals surface area contributed by atoms with Crippen LogP contribution in [0.25, 0.3) is 0 Å². The van der Waals surface area contributed by atoms with Crippen LogP contribution in [-0.4, -0.2) is 47.7 Å². The molecule has 20 heavy (non-hydrogen) atoms. The number of nitrogens with zero attached hydrogens (tertiary/aromatic N) is 1. The van der Waals surface area contributed by atoms with Crippen LogP contribution in [0.3, 0.4) is 0 Å². The highest BCUT2D eigenvalue weighted by Gasteiger charge is 2.40. The number of hydrogen-bond acceptors (Lipinski definition) is 4. The van der Waals surface area contributed by atoms with Gasteiger partial charge in [0.2, 0.25) is 0 Å². The molecule has 2 atom stereocenters. The van der Waals surface area contributed by atoms with E-state index in [2.05, 4.69) is 15.9 Å². The average Bonchev–Trinajstić information content (AvgIpc) is 2.81. The minimum Gasteiger partial charge on any atom is -0.480 e. The summed E-state index contributed by atoms with van der Waals surface area (Å²) in [7, 11) is 1.51. The summed E-state index contributed by atoms with van der Waals surface area (Å²) in [6.07, 6.45) is 0.0330. The lowest BCUT2D eigenvalue weighted by Gasteiger charge is -2.21. The summed E-state index contributed by atoms with van der Waals surface area (Å²) in [6.45, 7) is 0.263. The molecule has 0 radical (unpaired) electrons. The Kier molecular flexibility index (Phi) is 4.29. The lowest BCUT2D eigenvalue weighted by Crippen LogP contribution is -2.40. The van der Waals surface area contributed by atoms with Gasteiger partial charge in [-0.15, -0.1) is 0 Å². The summed E-state index contributed by atoms with van der Waals surface area (Å²) >= 11 is 3.27. The number of rotatable bonds is 3. The number of benzene rings is 1. The van der Waals surface area contributed by atoms with Crippen molar-refractivity contribution in [1.29, 1.82) is 0 Å². The molecule has 0 aliphatic carbocycles. The zero-order valence-corrected chi connectivity index (χ0v) is 12.5. The molecule has 1 amide bonds. The Morgan fingerprint density at radius 3 is 2.70 bits per heavy atom. The smallest absolute Gasteiger partial charge is 0.326 e. The number of likely N-dealkylation sites (tertiary alicyclic amines) is 1. The van der Waals surface area contributed by atoms with Gasteiger partial charge in [0.1, 0.15) is 6.04 Å². The highest BCUT2D eigenvalue weighted by atomic mass is 79.9. The quantitative estimate of drug-likeness (QED) is 0.808. The molecular weight excluding hydrogens is 328 g/mol. The van der Waals surface area contributed by atoms with E-state index in [4.69, 9.17) is 10.5 Å². The molecule has 1 fully saturated rings. The minimum atomic E-state index is -1.03. The molecule has 1 aliphatic heterocycles. The van der Waals surface area contributed by atoms with E-state index in [0.29, 0.717) is 22.1 Å². The zero-order valence-electron chi connectivity index (χ0n) is 10.9. The van der Waals surface area contributed by atoms with Crippen LogP contribution in [0.2, 0.25) is 0 Å². The Hall–Kier alpha value is -1.60. The van der Waals surface area contributed by atoms with E-state index in [1.807, 2.05) is 0 Å². The van der Waals surface area contributed by atoms with E-state index in [1.165, 1.54) is 18.1 Å². The summed E-state index contributed by atoms with van der Waals surface area (Å²) in [6, 6.07) is 3.96. The third-order valence-electron chi connectivity index (χ3n) is 3.31. The number of ether oxygens (including phenoxy) is 1. The van der Waals surface area contributed by atoms with Gasteiger partial charge in [-0.1, -0.05) is 15.9 Å². The molecule has 1 aromatic rings. The van der Waals surface area contributed by atoms with Gasteiger partial charge in [-0.05, 0) is 18.2 Å². The standard InChI is InChI=1S/C13H15BrN2O4/c1-20-10-5-11(13(18)19)16(6-10)12(17)7-2-8(14)4-9(15)3-7/h2-4,10-11H,5-6,15H2,1H3,(H,18,19). The van der Waals surface area contributed by atoms with Gasteiger partial charge >= 0.3 is 5.97 Å². The first-order valence-corrected chi connectivity index (χ1v) is 6.84. The predicted molar refractivity (Wildman–Crippen MR) is 76.4 cm³/mol. The normalized spacial score (nSPS) is 22.0. The van der Waals surface area contributed by atoms with Gasteiger partial charge in [0.15, 0.2) is 0 Å². The Labute approximate surface area is 124 Å². The average molecular weight is 343 g/mol. The van der Waals surface area contributed by atoms with Crippen LogP contribution < -0.4 is 5.73 Å². The molecule has 0 bridgehead atoms. The van der Waals surface area contributed by atoms with Crippen LogP contribution in [0.15, 0.2) is 22.7 Å². The second-order valence-corrected chi connectivity index (χ2v) is 5.59. The predicted octanol–water partition coefficient (Wildman–Crippen LogP) is 1.35. The van der Waals surface area contributed by atoms with Gasteiger partial charge in [-0.3, -0.25) is 4.79 Å². The van der Waals surface area contributed by atoms with Gasteiger partial charge in [0, 0.05) is 35.8 Å². The van der Waals surface area contributed by atoms with Crippen molar-refractivity contribution in [3.8, 4) is 0 Å². The number of methoxy groups -OCH3 is 1. The van der Waals surface area contributed by atoms with E-state index in [0.717, 1.165) is 0 Å². The Morgan fingerprint density at radius 1 is 1.45 bits per heavy atom. The van der Waals surface area contributed by atoms with Crippen molar-refractivity contribution in [2.45, 2.75) is 18.6 Å². The largest absolute Gasteiger partial charge is 0.480 e. The Bertz CT molecular complexity index is 529. The van der Waals surface area contributed by atoms with Crippen molar-refractivity contribution in [2.75, 3.05) is 19.4 Å². The third-order valence-corrected chi connectivity index (χ3v) is 3.77. The van der Waals surface area contributed by atoms with E-state index in [1.54, 1.807) is 12.1 Å². The number of nitrogen functional groups attached to an aromatic ring is 1. The highest BCUT2D eigenvalue weighted by molar-refractivity contribution is 9.10. The monoisotopic (exact) mass is 342 g/mol. The first kappa shape index (κ1) is 14.8. The van der Waals surface area contributed by atoms with Crippen molar-refractivity contribution in [3.05, 3.63) is 28.2 Å². The lowest BCUT2D eigenvalue weighted by molar-refractivity contribution is -0.141. The number of carbonyl (C=O) groups excluding carboxylic acids is 1. The molecule has 2 rings (SSSR count). The lowest BCUT2D eigenvalue weighted by atomic mass is 10.1. The second kappa shape index (κ2) is 5.80. The SMILES string of the molecule is COC1CC(C(=O)O)N(C(=O)c2cc(N)cc(Br)c2)C1. The summed E-state index contributed by atoms with van der Waals surface area (Å²) < 4.78 is 5.84. The van der Waals surface area contributed by atoms with Crippen LogP contribution in [0.4, 0.5) is 5.69 Å². The summed E-state index contributed by atoms with van der Waals surface area (Å²) in [5, 5.41) is 9.22. The molecule has 0 saturated carbocycles. The number of carbonyl (C=O) groups is 2. The Morgan fingerprint density at radius 2 is 2.15 bits per heavy atom. The maximum atomic E-state index is 12.5. The number of carboxylic acids is 1. The second-order valence-electron chi connectivity index (χ2n) is 4.68. The molecule has 1 aromatic carbocycles. The fourth-order valence-corrected chi connectivity index (χ4v) is 2.84. The summed E-state index contributed by atoms with van der Waals surface area (Å²) in [4.78, 5) is 25.0. The van der Waals surface area contributed by atoms with Crippen molar-refractivity contribution < 1.29 is 19.4 Å². The van der Waals surface area contributed by atoms with Gasteiger partial charge in [-0.25, -0.2) is 4.79 Å². The van der Waals surface area contributed by atoms with Crippen LogP contribution in [-0.2, 0) is 9.53 Å². The summed E-state index contributed by atoms with van der Waals surface area (Å²) in [5.74, 6) is -1.38. The number of halogens is 1. The first-order valence-electron chi connectivity index (χ1n) is 6.05. The van der Waals surface area contributed by atoms with Crippen LogP contribution in [0, 0.1) is 0 Å². The third kappa shape index (κ3) is 2.94. The van der Waals surface area contributed by atoms with E-state index in [9.17, 15) is 14.7 Å². The molecule has 1 heterocycles. The van der Waals surface area contributed by atoms with Gasteiger partial charge in [-0.2, -0.15) is 0 Å². The first-order chi connectivity index (χ1) is 9.42. The maximum absolute atomic E-state index is 12.5. The van der Waals surface area contributed by atoms with E-state index < -0.39 is 12.0 Å². The van der Waals surface area contributed by atoms with E-state index in [-0.39, 0.29) is 18.6 Å². The van der Waals surface area contributed by atoms with Gasteiger partial charge in [0.05, 0.1) is 6.10 Å². The van der Waals surface area contributed by atoms with Gasteiger partial charge in [0.25, 0.3) is 5.91 Å². The fourth-order valence-electron chi connectivity index (χ4n) is 2.33. The van der Waals surface area contributed by atoms with Crippen LogP contribution in [0.5, 0.6) is 0 Å². The van der Waals surface area contributed by atoms with Crippen molar-refractivity contribution in [1.82, 2.24) is 4.90 Å². The van der Waals surface area contributed by atoms with Crippen LogP contribution >= 0.6 is 15.9 Å². The van der Waals surface area contributed by atoms with Crippen molar-refractivity contribution in [2.24, 2.45) is 0 Å². The van der Waals surface area contributed by atoms with E-state index >= 15 is 0 Å². The number of carboxylic acid groups (broad SMARTS) is 1. The molecule has 0 aromatic heterocycles. The topological polar surface area (TPSA) is 92.9 Å². The highest BCUT2D eigenvalue weighted by Crippen LogP contribution is 2.25. The number of aliphatic carboxylic acids is 1. The Balaban J connectivity index is 2.28. The molecule has 7 heteroatoms. The molecule has 2 unspecified atom stereocenters. The summed E-state index contributed by atoms with van der Waals surface area (Å²) in [5.41, 5.74) is 6.50. The van der Waals surface area contributed by atoms with Gasteiger partial charge < -0.3 is 20.5 Å². The maximum Gasteiger partial charge on any atom is 0.326 e. The molecule has 6 nitrogen and oxygen atoms in total. The molecular formula is C13H15BrN2O4. The minimum absolute atomic E-state index is 0.260. The molecule has 0 spiro atoms. The zero-order chi connectivity index (χ0) is 14.9. The number of nitrogens with two attached hydrogens (primary N) is 1. The molecule has 108 valence electrons. The van der Waals surface area contributed by atoms with Crippen molar-refractivity contribution >= 4 is 33.5 Å². The fraction of sp³-hybridized carbons (Fsp3) is 0.385. The van der Waals surface area contributed by atoms with Crippen LogP contribution in [0.1, 0.15) is 16.8 Å². The molecule has 1 aliphatic rings. The van der Waals surface area contributed by atoms with Crippen molar-refractivity contribution in [3.63, 3.8) is 0 Å². The number of amides is 1. The molecule has 3 N–H and O–H groups in total. The molecule has 1 saturated heterocycles. The number of anilines is 1.